The molecule has 2 unspecified atom stereocenters. The lowest BCUT2D eigenvalue weighted by Gasteiger charge is -2.32. The molecule has 0 bridgehead atoms. The molecule has 0 amide bonds. The summed E-state index contributed by atoms with van der Waals surface area (Å²) >= 11 is 5.73. The molecule has 1 aromatic rings. The minimum atomic E-state index is -0.532. The number of ether oxygens (including phenoxy) is 2. The van der Waals surface area contributed by atoms with Crippen LogP contribution >= 0.6 is 11.6 Å². The molecule has 2 atom stereocenters. The van der Waals surface area contributed by atoms with E-state index in [9.17, 15) is 4.39 Å². The number of halogens is 2. The van der Waals surface area contributed by atoms with Gasteiger partial charge in [-0.25, -0.2) is 4.39 Å². The molecule has 1 fully saturated rings. The van der Waals surface area contributed by atoms with Crippen LogP contribution in [0.1, 0.15) is 26.7 Å². The van der Waals surface area contributed by atoms with Crippen molar-refractivity contribution in [1.82, 2.24) is 0 Å². The number of benzene rings is 1. The van der Waals surface area contributed by atoms with Crippen LogP contribution in [0.15, 0.2) is 12.1 Å². The van der Waals surface area contributed by atoms with Crippen LogP contribution in [0.25, 0.3) is 0 Å². The Morgan fingerprint density at radius 1 is 1.33 bits per heavy atom. The van der Waals surface area contributed by atoms with Crippen molar-refractivity contribution in [2.24, 2.45) is 0 Å². The zero-order valence-electron chi connectivity index (χ0n) is 10.5. The molecule has 2 N–H and O–H groups in total. The molecule has 0 aromatic heterocycles. The van der Waals surface area contributed by atoms with Gasteiger partial charge in [0.2, 0.25) is 0 Å². The van der Waals surface area contributed by atoms with Crippen LogP contribution in [0.5, 0.6) is 5.75 Å². The Morgan fingerprint density at radius 3 is 2.56 bits per heavy atom. The van der Waals surface area contributed by atoms with Gasteiger partial charge in [-0.15, -0.1) is 0 Å². The van der Waals surface area contributed by atoms with E-state index in [0.29, 0.717) is 5.75 Å². The van der Waals surface area contributed by atoms with E-state index < -0.39 is 5.82 Å². The number of hydrogen-bond donors (Lipinski definition) is 1. The molecule has 0 spiro atoms. The zero-order valence-corrected chi connectivity index (χ0v) is 11.2. The van der Waals surface area contributed by atoms with Crippen molar-refractivity contribution in [1.29, 1.82) is 0 Å². The summed E-state index contributed by atoms with van der Waals surface area (Å²) in [4.78, 5) is 0. The highest BCUT2D eigenvalue weighted by Gasteiger charge is 2.26. The summed E-state index contributed by atoms with van der Waals surface area (Å²) in [5, 5.41) is 0.0207. The molecule has 0 radical (unpaired) electrons. The Bertz CT molecular complexity index is 431. The van der Waals surface area contributed by atoms with Gasteiger partial charge in [-0.1, -0.05) is 11.6 Å². The lowest BCUT2D eigenvalue weighted by atomic mass is 10.0. The first-order valence-corrected chi connectivity index (χ1v) is 6.40. The van der Waals surface area contributed by atoms with E-state index in [1.54, 1.807) is 0 Å². The van der Waals surface area contributed by atoms with Gasteiger partial charge in [0.05, 0.1) is 22.9 Å². The van der Waals surface area contributed by atoms with Crippen LogP contribution in [0.2, 0.25) is 5.02 Å². The van der Waals surface area contributed by atoms with E-state index in [4.69, 9.17) is 26.8 Å². The van der Waals surface area contributed by atoms with Gasteiger partial charge in [0, 0.05) is 25.0 Å². The number of rotatable bonds is 2. The van der Waals surface area contributed by atoms with Gasteiger partial charge < -0.3 is 15.2 Å². The Morgan fingerprint density at radius 2 is 1.94 bits per heavy atom. The van der Waals surface area contributed by atoms with Crippen molar-refractivity contribution >= 4 is 17.3 Å². The quantitative estimate of drug-likeness (QED) is 0.840. The first-order chi connectivity index (χ1) is 8.45. The van der Waals surface area contributed by atoms with Gasteiger partial charge in [0.25, 0.3) is 0 Å². The molecule has 0 aliphatic carbocycles. The molecule has 1 aliphatic heterocycles. The van der Waals surface area contributed by atoms with Gasteiger partial charge in [-0.3, -0.25) is 0 Å². The molecular formula is C13H17ClFNO2. The summed E-state index contributed by atoms with van der Waals surface area (Å²) < 4.78 is 24.6. The molecule has 1 aliphatic rings. The first kappa shape index (κ1) is 13.4. The fourth-order valence-corrected chi connectivity index (χ4v) is 2.42. The van der Waals surface area contributed by atoms with Gasteiger partial charge >= 0.3 is 0 Å². The molecule has 1 aromatic carbocycles. The molecular weight excluding hydrogens is 257 g/mol. The maximum Gasteiger partial charge on any atom is 0.144 e. The van der Waals surface area contributed by atoms with Crippen molar-refractivity contribution in [2.45, 2.75) is 45.0 Å². The Balaban J connectivity index is 2.11. The number of anilines is 1. The second-order valence-electron chi connectivity index (χ2n) is 4.77. The van der Waals surface area contributed by atoms with Crippen molar-refractivity contribution in [2.75, 3.05) is 5.73 Å². The van der Waals surface area contributed by atoms with Gasteiger partial charge in [-0.05, 0) is 13.8 Å². The smallest absolute Gasteiger partial charge is 0.144 e. The van der Waals surface area contributed by atoms with Crippen molar-refractivity contribution in [3.05, 3.63) is 23.0 Å². The largest absolute Gasteiger partial charge is 0.488 e. The molecule has 1 saturated heterocycles. The summed E-state index contributed by atoms with van der Waals surface area (Å²) in [6.07, 6.45) is 1.90. The standard InChI is InChI=1S/C13H17ClFNO2/c1-7-3-9(4-8(2)17-7)18-13-5-10(14)11(15)6-12(13)16/h5-9H,3-4,16H2,1-2H3. The van der Waals surface area contributed by atoms with Gasteiger partial charge in [-0.2, -0.15) is 0 Å². The SMILES string of the molecule is CC1CC(Oc2cc(Cl)c(F)cc2N)CC(C)O1. The summed E-state index contributed by atoms with van der Waals surface area (Å²) in [7, 11) is 0. The van der Waals surface area contributed by atoms with Crippen LogP contribution in [0, 0.1) is 5.82 Å². The van der Waals surface area contributed by atoms with Crippen LogP contribution in [-0.4, -0.2) is 18.3 Å². The highest BCUT2D eigenvalue weighted by molar-refractivity contribution is 6.31. The summed E-state index contributed by atoms with van der Waals surface area (Å²) in [5.41, 5.74) is 5.99. The molecule has 1 heterocycles. The Labute approximate surface area is 111 Å². The summed E-state index contributed by atoms with van der Waals surface area (Å²) in [6.45, 7) is 4.01. The maximum absolute atomic E-state index is 13.2. The fourth-order valence-electron chi connectivity index (χ4n) is 2.27. The highest BCUT2D eigenvalue weighted by atomic mass is 35.5. The minimum Gasteiger partial charge on any atom is -0.488 e. The third kappa shape index (κ3) is 3.06. The van der Waals surface area contributed by atoms with Gasteiger partial charge in [0.1, 0.15) is 17.7 Å². The predicted molar refractivity (Wildman–Crippen MR) is 69.5 cm³/mol. The van der Waals surface area contributed by atoms with Crippen LogP contribution < -0.4 is 10.5 Å². The lowest BCUT2D eigenvalue weighted by molar-refractivity contribution is -0.0720. The predicted octanol–water partition coefficient (Wildman–Crippen LogP) is 3.40. The van der Waals surface area contributed by atoms with E-state index >= 15 is 0 Å². The first-order valence-electron chi connectivity index (χ1n) is 6.02. The van der Waals surface area contributed by atoms with Crippen molar-refractivity contribution in [3.8, 4) is 5.75 Å². The van der Waals surface area contributed by atoms with E-state index in [1.165, 1.54) is 12.1 Å². The third-order valence-electron chi connectivity index (χ3n) is 3.00. The van der Waals surface area contributed by atoms with Crippen LogP contribution in [-0.2, 0) is 4.74 Å². The van der Waals surface area contributed by atoms with Crippen LogP contribution in [0.3, 0.4) is 0 Å². The number of nitrogen functional groups attached to an aromatic ring is 1. The van der Waals surface area contributed by atoms with E-state index in [0.717, 1.165) is 12.8 Å². The lowest BCUT2D eigenvalue weighted by Crippen LogP contribution is -2.35. The van der Waals surface area contributed by atoms with Crippen molar-refractivity contribution in [3.63, 3.8) is 0 Å². The highest BCUT2D eigenvalue weighted by Crippen LogP contribution is 2.31. The molecule has 3 nitrogen and oxygen atoms in total. The minimum absolute atomic E-state index is 0.0207. The average Bonchev–Trinajstić information content (AvgIpc) is 2.24. The Hall–Kier alpha value is -1.00. The monoisotopic (exact) mass is 273 g/mol. The Kier molecular flexibility index (Phi) is 3.97. The second kappa shape index (κ2) is 5.33. The van der Waals surface area contributed by atoms with Crippen molar-refractivity contribution < 1.29 is 13.9 Å². The number of hydrogen-bond acceptors (Lipinski definition) is 3. The molecule has 100 valence electrons. The molecule has 5 heteroatoms. The zero-order chi connectivity index (χ0) is 13.3. The average molecular weight is 274 g/mol. The third-order valence-corrected chi connectivity index (χ3v) is 3.29. The maximum atomic E-state index is 13.2. The number of nitrogens with two attached hydrogens (primary N) is 1. The van der Waals surface area contributed by atoms with Crippen LogP contribution in [0.4, 0.5) is 10.1 Å². The molecule has 0 saturated carbocycles. The van der Waals surface area contributed by atoms with E-state index in [-0.39, 0.29) is 29.0 Å². The van der Waals surface area contributed by atoms with E-state index in [2.05, 4.69) is 0 Å². The van der Waals surface area contributed by atoms with Gasteiger partial charge in [0.15, 0.2) is 0 Å². The topological polar surface area (TPSA) is 44.5 Å². The normalized spacial score (nSPS) is 28.1. The molecule has 18 heavy (non-hydrogen) atoms. The fraction of sp³-hybridized carbons (Fsp3) is 0.538. The van der Waals surface area contributed by atoms with E-state index in [1.807, 2.05) is 13.8 Å². The summed E-state index contributed by atoms with van der Waals surface area (Å²) in [6, 6.07) is 2.61. The summed E-state index contributed by atoms with van der Waals surface area (Å²) in [5.74, 6) is -0.0945. The molecule has 2 rings (SSSR count). The second-order valence-corrected chi connectivity index (χ2v) is 5.18.